The van der Waals surface area contributed by atoms with E-state index < -0.39 is 0 Å². The molecule has 0 heterocycles. The molecule has 1 unspecified atom stereocenters. The summed E-state index contributed by atoms with van der Waals surface area (Å²) in [4.78, 5) is 0. The van der Waals surface area contributed by atoms with Crippen molar-refractivity contribution in [3.05, 3.63) is 68.2 Å². The third-order valence-corrected chi connectivity index (χ3v) is 4.56. The molecule has 2 aromatic carbocycles. The SMILES string of the molecule is Cc1cc(C)c(C(Cl)Cc2ccc(Cl)c(Cl)c2)c(C)c1. The van der Waals surface area contributed by atoms with Gasteiger partial charge in [-0.3, -0.25) is 0 Å². The van der Waals surface area contributed by atoms with E-state index in [1.165, 1.54) is 22.3 Å². The number of benzene rings is 2. The topological polar surface area (TPSA) is 0 Å². The lowest BCUT2D eigenvalue weighted by Gasteiger charge is -2.17. The summed E-state index contributed by atoms with van der Waals surface area (Å²) >= 11 is 18.6. The fourth-order valence-electron chi connectivity index (χ4n) is 2.66. The van der Waals surface area contributed by atoms with Crippen LogP contribution in [-0.4, -0.2) is 0 Å². The first-order chi connectivity index (χ1) is 9.38. The van der Waals surface area contributed by atoms with E-state index in [0.717, 1.165) is 12.0 Å². The fraction of sp³-hybridized carbons (Fsp3) is 0.294. The van der Waals surface area contributed by atoms with Gasteiger partial charge in [0.25, 0.3) is 0 Å². The van der Waals surface area contributed by atoms with Gasteiger partial charge < -0.3 is 0 Å². The number of aryl methyl sites for hydroxylation is 3. The second kappa shape index (κ2) is 6.39. The molecular weight excluding hydrogens is 311 g/mol. The van der Waals surface area contributed by atoms with Crippen molar-refractivity contribution in [1.29, 1.82) is 0 Å². The van der Waals surface area contributed by atoms with Gasteiger partial charge in [0.15, 0.2) is 0 Å². The Balaban J connectivity index is 2.28. The summed E-state index contributed by atoms with van der Waals surface area (Å²) < 4.78 is 0. The average molecular weight is 328 g/mol. The zero-order valence-corrected chi connectivity index (χ0v) is 14.1. The molecule has 2 aromatic rings. The standard InChI is InChI=1S/C17H17Cl3/c1-10-6-11(2)17(12(3)7-10)16(20)9-13-4-5-14(18)15(19)8-13/h4-8,16H,9H2,1-3H3. The number of alkyl halides is 1. The molecule has 2 rings (SSSR count). The van der Waals surface area contributed by atoms with Crippen LogP contribution in [0, 0.1) is 20.8 Å². The third-order valence-electron chi connectivity index (χ3n) is 3.45. The van der Waals surface area contributed by atoms with Crippen molar-refractivity contribution in [2.75, 3.05) is 0 Å². The van der Waals surface area contributed by atoms with Crippen molar-refractivity contribution in [2.45, 2.75) is 32.6 Å². The highest BCUT2D eigenvalue weighted by atomic mass is 35.5. The van der Waals surface area contributed by atoms with Gasteiger partial charge in [0.2, 0.25) is 0 Å². The highest BCUT2D eigenvalue weighted by Crippen LogP contribution is 2.32. The summed E-state index contributed by atoms with van der Waals surface area (Å²) in [7, 11) is 0. The Morgan fingerprint density at radius 3 is 2.05 bits per heavy atom. The summed E-state index contributed by atoms with van der Waals surface area (Å²) in [5, 5.41) is 1.09. The van der Waals surface area contributed by atoms with E-state index in [-0.39, 0.29) is 5.38 Å². The minimum Gasteiger partial charge on any atom is -0.117 e. The monoisotopic (exact) mass is 326 g/mol. The molecule has 0 spiro atoms. The maximum absolute atomic E-state index is 6.62. The van der Waals surface area contributed by atoms with E-state index in [4.69, 9.17) is 34.8 Å². The highest BCUT2D eigenvalue weighted by molar-refractivity contribution is 6.42. The average Bonchev–Trinajstić information content (AvgIpc) is 2.32. The smallest absolute Gasteiger partial charge is 0.0630 e. The zero-order valence-electron chi connectivity index (χ0n) is 11.8. The minimum absolute atomic E-state index is 0.0622. The number of halogens is 3. The van der Waals surface area contributed by atoms with Crippen LogP contribution in [0.2, 0.25) is 10.0 Å². The van der Waals surface area contributed by atoms with Crippen LogP contribution in [0.1, 0.15) is 33.2 Å². The van der Waals surface area contributed by atoms with E-state index in [9.17, 15) is 0 Å². The van der Waals surface area contributed by atoms with Crippen molar-refractivity contribution in [3.8, 4) is 0 Å². The van der Waals surface area contributed by atoms with Crippen LogP contribution in [-0.2, 0) is 6.42 Å². The van der Waals surface area contributed by atoms with Crippen LogP contribution in [0.15, 0.2) is 30.3 Å². The molecule has 0 aliphatic carbocycles. The maximum atomic E-state index is 6.62. The van der Waals surface area contributed by atoms with Crippen LogP contribution in [0.3, 0.4) is 0 Å². The largest absolute Gasteiger partial charge is 0.117 e. The van der Waals surface area contributed by atoms with Crippen molar-refractivity contribution < 1.29 is 0 Å². The van der Waals surface area contributed by atoms with E-state index in [0.29, 0.717) is 10.0 Å². The van der Waals surface area contributed by atoms with Crippen LogP contribution in [0.25, 0.3) is 0 Å². The molecule has 0 nitrogen and oxygen atoms in total. The minimum atomic E-state index is -0.0622. The second-order valence-electron chi connectivity index (χ2n) is 5.23. The molecule has 0 radical (unpaired) electrons. The summed E-state index contributed by atoms with van der Waals surface area (Å²) in [5.74, 6) is 0. The molecule has 106 valence electrons. The quantitative estimate of drug-likeness (QED) is 0.569. The van der Waals surface area contributed by atoms with Gasteiger partial charge in [-0.2, -0.15) is 0 Å². The molecule has 0 saturated heterocycles. The first-order valence-electron chi connectivity index (χ1n) is 6.54. The number of hydrogen-bond acceptors (Lipinski definition) is 0. The van der Waals surface area contributed by atoms with Crippen molar-refractivity contribution in [2.24, 2.45) is 0 Å². The maximum Gasteiger partial charge on any atom is 0.0630 e. The molecule has 0 N–H and O–H groups in total. The molecule has 0 aliphatic heterocycles. The molecule has 0 aliphatic rings. The lowest BCUT2D eigenvalue weighted by molar-refractivity contribution is 0.898. The molecular formula is C17H17Cl3. The Bertz CT molecular complexity index is 609. The van der Waals surface area contributed by atoms with Gasteiger partial charge in [0.05, 0.1) is 15.4 Å². The van der Waals surface area contributed by atoms with Crippen LogP contribution in [0.4, 0.5) is 0 Å². The van der Waals surface area contributed by atoms with Gasteiger partial charge in [-0.1, -0.05) is 47.0 Å². The molecule has 1 atom stereocenters. The lowest BCUT2D eigenvalue weighted by Crippen LogP contribution is -2.02. The third kappa shape index (κ3) is 3.49. The summed E-state index contributed by atoms with van der Waals surface area (Å²) in [6.07, 6.45) is 0.739. The molecule has 3 heteroatoms. The molecule has 20 heavy (non-hydrogen) atoms. The van der Waals surface area contributed by atoms with Crippen molar-refractivity contribution >= 4 is 34.8 Å². The Morgan fingerprint density at radius 2 is 1.50 bits per heavy atom. The zero-order chi connectivity index (χ0) is 14.9. The van der Waals surface area contributed by atoms with Crippen LogP contribution < -0.4 is 0 Å². The van der Waals surface area contributed by atoms with E-state index >= 15 is 0 Å². The predicted octanol–water partition coefficient (Wildman–Crippen LogP) is 6.44. The first kappa shape index (κ1) is 15.7. The van der Waals surface area contributed by atoms with Gasteiger partial charge in [0, 0.05) is 0 Å². The van der Waals surface area contributed by atoms with Crippen molar-refractivity contribution in [3.63, 3.8) is 0 Å². The Morgan fingerprint density at radius 1 is 0.900 bits per heavy atom. The molecule has 0 amide bonds. The first-order valence-corrected chi connectivity index (χ1v) is 7.73. The molecule has 0 aromatic heterocycles. The Hall–Kier alpha value is -0.690. The molecule has 0 saturated carbocycles. The van der Waals surface area contributed by atoms with Crippen molar-refractivity contribution in [1.82, 2.24) is 0 Å². The summed E-state index contributed by atoms with van der Waals surface area (Å²) in [6, 6.07) is 10.0. The second-order valence-corrected chi connectivity index (χ2v) is 6.57. The fourth-order valence-corrected chi connectivity index (χ4v) is 3.50. The number of hydrogen-bond donors (Lipinski definition) is 0. The van der Waals surface area contributed by atoms with Crippen LogP contribution >= 0.6 is 34.8 Å². The van der Waals surface area contributed by atoms with Gasteiger partial charge in [-0.05, 0) is 61.6 Å². The van der Waals surface area contributed by atoms with Crippen LogP contribution in [0.5, 0.6) is 0 Å². The molecule has 0 fully saturated rings. The van der Waals surface area contributed by atoms with E-state index in [2.05, 4.69) is 32.9 Å². The van der Waals surface area contributed by atoms with E-state index in [1.54, 1.807) is 0 Å². The summed E-state index contributed by atoms with van der Waals surface area (Å²) in [5.41, 5.74) is 6.05. The Labute approximate surface area is 135 Å². The Kier molecular flexibility index (Phi) is 5.01. The predicted molar refractivity (Wildman–Crippen MR) is 89.4 cm³/mol. The van der Waals surface area contributed by atoms with E-state index in [1.807, 2.05) is 18.2 Å². The van der Waals surface area contributed by atoms with Gasteiger partial charge >= 0.3 is 0 Å². The molecule has 0 bridgehead atoms. The van der Waals surface area contributed by atoms with Gasteiger partial charge in [0.1, 0.15) is 0 Å². The van der Waals surface area contributed by atoms with Gasteiger partial charge in [-0.15, -0.1) is 11.6 Å². The highest BCUT2D eigenvalue weighted by Gasteiger charge is 2.15. The number of rotatable bonds is 3. The van der Waals surface area contributed by atoms with Gasteiger partial charge in [-0.25, -0.2) is 0 Å². The lowest BCUT2D eigenvalue weighted by atomic mass is 9.94. The summed E-state index contributed by atoms with van der Waals surface area (Å²) in [6.45, 7) is 6.32. The normalized spacial score (nSPS) is 12.5.